The Balaban J connectivity index is 1.82. The number of nitrogens with zero attached hydrogens (tertiary/aromatic N) is 4. The number of anilines is 2. The molecule has 0 atom stereocenters. The topological polar surface area (TPSA) is 129 Å². The van der Waals surface area contributed by atoms with E-state index in [2.05, 4.69) is 15.3 Å². The first-order valence-electron chi connectivity index (χ1n) is 10.2. The first-order valence-corrected chi connectivity index (χ1v) is 10.2. The molecule has 9 nitrogen and oxygen atoms in total. The van der Waals surface area contributed by atoms with Gasteiger partial charge in [-0.2, -0.15) is 4.39 Å². The van der Waals surface area contributed by atoms with Crippen molar-refractivity contribution in [3.63, 3.8) is 0 Å². The van der Waals surface area contributed by atoms with Crippen molar-refractivity contribution in [3.05, 3.63) is 75.9 Å². The Labute approximate surface area is 188 Å². The molecular weight excluding hydrogens is 427 g/mol. The summed E-state index contributed by atoms with van der Waals surface area (Å²) in [5, 5.41) is 15.0. The van der Waals surface area contributed by atoms with Crippen molar-refractivity contribution < 1.29 is 14.1 Å². The fourth-order valence-electron chi connectivity index (χ4n) is 3.75. The molecule has 0 saturated heterocycles. The van der Waals surface area contributed by atoms with E-state index in [0.717, 1.165) is 34.2 Å². The second-order valence-corrected chi connectivity index (χ2v) is 7.58. The van der Waals surface area contributed by atoms with Crippen LogP contribution in [-0.2, 0) is 17.8 Å². The van der Waals surface area contributed by atoms with Gasteiger partial charge in [0.25, 0.3) is 0 Å². The van der Waals surface area contributed by atoms with Gasteiger partial charge in [-0.3, -0.25) is 14.9 Å². The molecule has 2 heterocycles. The van der Waals surface area contributed by atoms with Crippen LogP contribution in [-0.4, -0.2) is 25.4 Å². The summed E-state index contributed by atoms with van der Waals surface area (Å²) in [7, 11) is 0. The van der Waals surface area contributed by atoms with Crippen molar-refractivity contribution >= 4 is 34.1 Å². The predicted octanol–water partition coefficient (Wildman–Crippen LogP) is 4.25. The molecule has 2 aromatic carbocycles. The van der Waals surface area contributed by atoms with E-state index in [4.69, 9.17) is 5.73 Å². The van der Waals surface area contributed by atoms with Gasteiger partial charge in [0.15, 0.2) is 0 Å². The molecule has 4 aromatic rings. The first kappa shape index (κ1) is 21.9. The van der Waals surface area contributed by atoms with E-state index in [1.807, 2.05) is 37.4 Å². The fourth-order valence-corrected chi connectivity index (χ4v) is 3.75. The van der Waals surface area contributed by atoms with Gasteiger partial charge in [-0.15, -0.1) is 0 Å². The van der Waals surface area contributed by atoms with Gasteiger partial charge in [0.1, 0.15) is 6.54 Å². The summed E-state index contributed by atoms with van der Waals surface area (Å²) in [6.07, 6.45) is 4.17. The van der Waals surface area contributed by atoms with Gasteiger partial charge in [0, 0.05) is 34.9 Å². The van der Waals surface area contributed by atoms with Crippen molar-refractivity contribution in [2.24, 2.45) is 5.73 Å². The summed E-state index contributed by atoms with van der Waals surface area (Å²) < 4.78 is 15.7. The molecule has 3 N–H and O–H groups in total. The highest BCUT2D eigenvalue weighted by molar-refractivity contribution is 5.96. The summed E-state index contributed by atoms with van der Waals surface area (Å²) in [6.45, 7) is 3.63. The number of primary amides is 1. The van der Waals surface area contributed by atoms with Crippen molar-refractivity contribution in [1.29, 1.82) is 0 Å². The van der Waals surface area contributed by atoms with E-state index in [0.29, 0.717) is 23.4 Å². The third kappa shape index (κ3) is 4.22. The smallest absolute Gasteiger partial charge is 0.306 e. The SMILES string of the molecule is CCc1cnc(Nc2cc([N+](=O)[O-])c(F)cc2C)nc1-c1cn(CC(N)=O)c2ccccc12. The Morgan fingerprint density at radius 1 is 1.30 bits per heavy atom. The number of benzene rings is 2. The van der Waals surface area contributed by atoms with Crippen LogP contribution in [0.3, 0.4) is 0 Å². The number of aryl methyl sites for hydroxylation is 2. The zero-order chi connectivity index (χ0) is 23.7. The number of nitrogens with one attached hydrogen (secondary N) is 1. The molecule has 0 spiro atoms. The minimum atomic E-state index is -0.909. The number of nitro groups is 1. The number of rotatable bonds is 7. The number of fused-ring (bicyclic) bond motifs is 1. The molecule has 0 saturated carbocycles. The van der Waals surface area contributed by atoms with E-state index in [1.165, 1.54) is 0 Å². The first-order chi connectivity index (χ1) is 15.8. The molecule has 0 aliphatic heterocycles. The van der Waals surface area contributed by atoms with Crippen molar-refractivity contribution in [2.45, 2.75) is 26.8 Å². The second kappa shape index (κ2) is 8.65. The van der Waals surface area contributed by atoms with Gasteiger partial charge in [-0.05, 0) is 36.6 Å². The molecule has 0 fully saturated rings. The molecule has 10 heteroatoms. The lowest BCUT2D eigenvalue weighted by atomic mass is 10.0. The number of hydrogen-bond acceptors (Lipinski definition) is 6. The maximum Gasteiger partial charge on any atom is 0.306 e. The number of halogens is 1. The van der Waals surface area contributed by atoms with Gasteiger partial charge < -0.3 is 15.6 Å². The number of hydrogen-bond donors (Lipinski definition) is 2. The number of nitro benzene ring substituents is 1. The largest absolute Gasteiger partial charge is 0.368 e. The Morgan fingerprint density at radius 3 is 2.76 bits per heavy atom. The lowest BCUT2D eigenvalue weighted by Gasteiger charge is -2.12. The maximum atomic E-state index is 13.9. The highest BCUT2D eigenvalue weighted by Gasteiger charge is 2.19. The molecule has 0 unspecified atom stereocenters. The lowest BCUT2D eigenvalue weighted by Crippen LogP contribution is -2.17. The quantitative estimate of drug-likeness (QED) is 0.321. The highest BCUT2D eigenvalue weighted by Crippen LogP contribution is 2.33. The molecule has 0 bridgehead atoms. The number of carbonyl (C=O) groups is 1. The summed E-state index contributed by atoms with van der Waals surface area (Å²) in [6, 6.07) is 9.83. The number of nitrogens with two attached hydrogens (primary N) is 1. The summed E-state index contributed by atoms with van der Waals surface area (Å²) in [5.41, 5.74) is 8.76. The van der Waals surface area contributed by atoms with E-state index in [9.17, 15) is 19.3 Å². The zero-order valence-corrected chi connectivity index (χ0v) is 18.0. The Morgan fingerprint density at radius 2 is 2.06 bits per heavy atom. The summed E-state index contributed by atoms with van der Waals surface area (Å²) >= 11 is 0. The number of amides is 1. The molecule has 0 aliphatic rings. The zero-order valence-electron chi connectivity index (χ0n) is 18.0. The Kier molecular flexibility index (Phi) is 5.74. The third-order valence-corrected chi connectivity index (χ3v) is 5.35. The van der Waals surface area contributed by atoms with Crippen LogP contribution in [0, 0.1) is 22.9 Å². The maximum absolute atomic E-state index is 13.9. The van der Waals surface area contributed by atoms with Crippen LogP contribution in [0.2, 0.25) is 0 Å². The van der Waals surface area contributed by atoms with E-state index in [-0.39, 0.29) is 12.5 Å². The monoisotopic (exact) mass is 448 g/mol. The molecular formula is C23H21FN6O3. The van der Waals surface area contributed by atoms with E-state index in [1.54, 1.807) is 17.7 Å². The molecule has 0 aliphatic carbocycles. The van der Waals surface area contributed by atoms with Crippen molar-refractivity contribution in [3.8, 4) is 11.3 Å². The Hall–Kier alpha value is -4.34. The second-order valence-electron chi connectivity index (χ2n) is 7.58. The Bertz CT molecular complexity index is 1400. The normalized spacial score (nSPS) is 11.0. The predicted molar refractivity (Wildman–Crippen MR) is 123 cm³/mol. The third-order valence-electron chi connectivity index (χ3n) is 5.35. The van der Waals surface area contributed by atoms with Crippen LogP contribution < -0.4 is 11.1 Å². The molecule has 33 heavy (non-hydrogen) atoms. The summed E-state index contributed by atoms with van der Waals surface area (Å²) in [4.78, 5) is 30.9. The molecule has 1 amide bonds. The van der Waals surface area contributed by atoms with Gasteiger partial charge in [-0.1, -0.05) is 25.1 Å². The van der Waals surface area contributed by atoms with Crippen LogP contribution in [0.15, 0.2) is 48.8 Å². The summed E-state index contributed by atoms with van der Waals surface area (Å²) in [5.74, 6) is -1.16. The number of para-hydroxylation sites is 1. The number of carbonyl (C=O) groups excluding carboxylic acids is 1. The van der Waals surface area contributed by atoms with Crippen molar-refractivity contribution in [2.75, 3.05) is 5.32 Å². The van der Waals surface area contributed by atoms with E-state index < -0.39 is 22.3 Å². The standard InChI is InChI=1S/C23H21FN6O3/c1-3-14-10-26-23(27-18-9-20(30(32)33)17(24)8-13(18)2)28-22(14)16-11-29(12-21(25)31)19-7-5-4-6-15(16)19/h4-11H,3,12H2,1-2H3,(H2,25,31)(H,26,27,28). The average Bonchev–Trinajstić information content (AvgIpc) is 3.13. The average molecular weight is 448 g/mol. The van der Waals surface area contributed by atoms with Gasteiger partial charge >= 0.3 is 5.69 Å². The van der Waals surface area contributed by atoms with Gasteiger partial charge in [-0.25, -0.2) is 9.97 Å². The molecule has 2 aromatic heterocycles. The van der Waals surface area contributed by atoms with Crippen LogP contribution in [0.25, 0.3) is 22.2 Å². The van der Waals surface area contributed by atoms with Gasteiger partial charge in [0.2, 0.25) is 17.7 Å². The van der Waals surface area contributed by atoms with Crippen LogP contribution in [0.4, 0.5) is 21.7 Å². The van der Waals surface area contributed by atoms with Crippen LogP contribution in [0.5, 0.6) is 0 Å². The molecule has 0 radical (unpaired) electrons. The van der Waals surface area contributed by atoms with Crippen LogP contribution >= 0.6 is 0 Å². The highest BCUT2D eigenvalue weighted by atomic mass is 19.1. The lowest BCUT2D eigenvalue weighted by molar-refractivity contribution is -0.387. The van der Waals surface area contributed by atoms with E-state index >= 15 is 0 Å². The van der Waals surface area contributed by atoms with Crippen LogP contribution in [0.1, 0.15) is 18.1 Å². The number of aromatic nitrogens is 3. The minimum absolute atomic E-state index is 0.0244. The van der Waals surface area contributed by atoms with Crippen molar-refractivity contribution in [1.82, 2.24) is 14.5 Å². The molecule has 4 rings (SSSR count). The van der Waals surface area contributed by atoms with Gasteiger partial charge in [0.05, 0.1) is 16.3 Å². The minimum Gasteiger partial charge on any atom is -0.368 e. The molecule has 168 valence electrons. The fraction of sp³-hybridized carbons (Fsp3) is 0.174.